The second-order valence-electron chi connectivity index (χ2n) is 6.33. The maximum absolute atomic E-state index is 12.6. The van der Waals surface area contributed by atoms with Gasteiger partial charge in [0.15, 0.2) is 0 Å². The van der Waals surface area contributed by atoms with Gasteiger partial charge in [0.05, 0.1) is 24.2 Å². The number of carbonyl (C=O) groups is 1. The van der Waals surface area contributed by atoms with Crippen LogP contribution in [0.5, 0.6) is 0 Å². The molecule has 2 N–H and O–H groups in total. The maximum atomic E-state index is 12.6. The van der Waals surface area contributed by atoms with Gasteiger partial charge in [0.25, 0.3) is 16.1 Å². The number of fused-ring (bicyclic) bond motifs is 1. The van der Waals surface area contributed by atoms with Gasteiger partial charge in [0, 0.05) is 44.0 Å². The highest BCUT2D eigenvalue weighted by Gasteiger charge is 2.35. The van der Waals surface area contributed by atoms with Crippen LogP contribution in [0.25, 0.3) is 10.1 Å². The van der Waals surface area contributed by atoms with Gasteiger partial charge in [-0.05, 0) is 11.5 Å². The van der Waals surface area contributed by atoms with Crippen molar-refractivity contribution in [2.45, 2.75) is 6.10 Å². The fourth-order valence-corrected chi connectivity index (χ4v) is 5.31. The van der Waals surface area contributed by atoms with Gasteiger partial charge >= 0.3 is 0 Å². The number of aliphatic hydroxyl groups is 1. The highest BCUT2D eigenvalue weighted by molar-refractivity contribution is 7.86. The first-order valence-corrected chi connectivity index (χ1v) is 10.8. The van der Waals surface area contributed by atoms with E-state index in [0.29, 0.717) is 10.4 Å². The average molecular weight is 414 g/mol. The Morgan fingerprint density at radius 1 is 1.41 bits per heavy atom. The van der Waals surface area contributed by atoms with Gasteiger partial charge in [-0.1, -0.05) is 18.2 Å². The van der Waals surface area contributed by atoms with E-state index in [4.69, 9.17) is 9.84 Å². The quantitative estimate of drug-likeness (QED) is 0.730. The van der Waals surface area contributed by atoms with Crippen molar-refractivity contribution in [3.8, 4) is 0 Å². The Hall–Kier alpha value is -1.56. The Morgan fingerprint density at radius 3 is 2.85 bits per heavy atom. The Kier molecular flexibility index (Phi) is 6.14. The molecule has 1 atom stereocenters. The van der Waals surface area contributed by atoms with Crippen LogP contribution < -0.4 is 5.32 Å². The van der Waals surface area contributed by atoms with Gasteiger partial charge in [0.2, 0.25) is 0 Å². The van der Waals surface area contributed by atoms with Crippen LogP contribution in [0.4, 0.5) is 0 Å². The van der Waals surface area contributed by atoms with Gasteiger partial charge in [0.1, 0.15) is 0 Å². The number of rotatable bonds is 6. The molecule has 1 amide bonds. The predicted molar refractivity (Wildman–Crippen MR) is 104 cm³/mol. The Balaban J connectivity index is 2.00. The molecule has 1 aliphatic rings. The predicted octanol–water partition coefficient (Wildman–Crippen LogP) is 0.803. The highest BCUT2D eigenvalue weighted by Crippen LogP contribution is 2.38. The molecular formula is C17H23N3O5S2. The number of ether oxygens (including phenoxy) is 1. The number of nitrogens with zero attached hydrogens (tertiary/aromatic N) is 2. The topological polar surface area (TPSA) is 99.2 Å². The summed E-state index contributed by atoms with van der Waals surface area (Å²) in [4.78, 5) is 13.1. The van der Waals surface area contributed by atoms with Crippen molar-refractivity contribution in [1.29, 1.82) is 0 Å². The molecule has 0 aliphatic carbocycles. The second-order valence-corrected chi connectivity index (χ2v) is 9.52. The average Bonchev–Trinajstić information content (AvgIpc) is 3.05. The summed E-state index contributed by atoms with van der Waals surface area (Å²) in [6, 6.07) is 7.60. The van der Waals surface area contributed by atoms with E-state index >= 15 is 0 Å². The highest BCUT2D eigenvalue weighted by atomic mass is 32.2. The maximum Gasteiger partial charge on any atom is 0.281 e. The second kappa shape index (κ2) is 8.21. The third kappa shape index (κ3) is 4.00. The molecule has 0 radical (unpaired) electrons. The summed E-state index contributed by atoms with van der Waals surface area (Å²) in [5.74, 6) is -0.295. The molecule has 27 heavy (non-hydrogen) atoms. The number of carbonyl (C=O) groups excluding carboxylic acids is 1. The molecule has 2 aromatic rings. The van der Waals surface area contributed by atoms with E-state index in [1.807, 2.05) is 24.3 Å². The minimum absolute atomic E-state index is 0.140. The number of nitrogens with one attached hydrogen (secondary N) is 1. The van der Waals surface area contributed by atoms with E-state index < -0.39 is 16.3 Å². The van der Waals surface area contributed by atoms with Crippen LogP contribution in [0.15, 0.2) is 24.3 Å². The zero-order valence-corrected chi connectivity index (χ0v) is 16.8. The monoisotopic (exact) mass is 413 g/mol. The lowest BCUT2D eigenvalue weighted by Crippen LogP contribution is -2.47. The molecule has 1 unspecified atom stereocenters. The van der Waals surface area contributed by atoms with Gasteiger partial charge in [-0.25, -0.2) is 0 Å². The zero-order chi connectivity index (χ0) is 19.6. The minimum Gasteiger partial charge on any atom is -0.395 e. The zero-order valence-electron chi connectivity index (χ0n) is 15.2. The van der Waals surface area contributed by atoms with Crippen LogP contribution >= 0.6 is 11.3 Å². The number of hydrogen-bond donors (Lipinski definition) is 2. The SMILES string of the molecule is CN(C)S(=O)(=O)N1CCOC(c2c(C(=O)NCCO)sc3ccccc23)C1. The molecule has 0 spiro atoms. The van der Waals surface area contributed by atoms with Crippen LogP contribution in [-0.4, -0.2) is 75.0 Å². The first-order valence-electron chi connectivity index (χ1n) is 8.56. The van der Waals surface area contributed by atoms with Gasteiger partial charge in [-0.2, -0.15) is 17.0 Å². The Morgan fingerprint density at radius 2 is 2.15 bits per heavy atom. The standard InChI is InChI=1S/C17H23N3O5S2/c1-19(2)27(23,24)20-8-10-25-13(11-20)15-12-5-3-4-6-14(12)26-16(15)17(22)18-7-9-21/h3-6,13,21H,7-11H2,1-2H3,(H,18,22). The van der Waals surface area contributed by atoms with Gasteiger partial charge in [-0.3, -0.25) is 4.79 Å². The Bertz CT molecular complexity index is 926. The lowest BCUT2D eigenvalue weighted by atomic mass is 10.0. The number of morpholine rings is 1. The number of aliphatic hydroxyl groups excluding tert-OH is 1. The van der Waals surface area contributed by atoms with Crippen LogP contribution in [0.1, 0.15) is 21.3 Å². The summed E-state index contributed by atoms with van der Waals surface area (Å²) in [7, 11) is -0.581. The summed E-state index contributed by atoms with van der Waals surface area (Å²) in [6.45, 7) is 0.659. The molecule has 1 aromatic heterocycles. The Labute approximate surface area is 162 Å². The third-order valence-electron chi connectivity index (χ3n) is 4.38. The lowest BCUT2D eigenvalue weighted by Gasteiger charge is -2.34. The van der Waals surface area contributed by atoms with E-state index in [-0.39, 0.29) is 38.8 Å². The first kappa shape index (κ1) is 20.2. The van der Waals surface area contributed by atoms with Crippen molar-refractivity contribution in [3.63, 3.8) is 0 Å². The molecule has 1 aromatic carbocycles. The molecule has 1 fully saturated rings. The van der Waals surface area contributed by atoms with Gasteiger partial charge < -0.3 is 15.2 Å². The van der Waals surface area contributed by atoms with Crippen molar-refractivity contribution in [2.75, 3.05) is 46.9 Å². The number of hydrogen-bond acceptors (Lipinski definition) is 6. The van der Waals surface area contributed by atoms with Crippen molar-refractivity contribution in [3.05, 3.63) is 34.7 Å². The smallest absolute Gasteiger partial charge is 0.281 e. The van der Waals surface area contributed by atoms with Crippen molar-refractivity contribution < 1.29 is 23.1 Å². The summed E-state index contributed by atoms with van der Waals surface area (Å²) in [5.41, 5.74) is 0.699. The molecule has 0 bridgehead atoms. The van der Waals surface area contributed by atoms with E-state index in [2.05, 4.69) is 5.32 Å². The van der Waals surface area contributed by atoms with Crippen LogP contribution in [0, 0.1) is 0 Å². The van der Waals surface area contributed by atoms with Gasteiger partial charge in [-0.15, -0.1) is 11.3 Å². The normalized spacial score (nSPS) is 18.9. The van der Waals surface area contributed by atoms with Crippen molar-refractivity contribution in [2.24, 2.45) is 0 Å². The molecule has 2 heterocycles. The first-order chi connectivity index (χ1) is 12.9. The van der Waals surface area contributed by atoms with E-state index in [9.17, 15) is 13.2 Å². The van der Waals surface area contributed by atoms with E-state index in [0.717, 1.165) is 10.1 Å². The molecule has 3 rings (SSSR count). The fourth-order valence-electron chi connectivity index (χ4n) is 3.04. The molecule has 10 heteroatoms. The molecule has 8 nitrogen and oxygen atoms in total. The summed E-state index contributed by atoms with van der Waals surface area (Å²) in [5, 5.41) is 12.5. The van der Waals surface area contributed by atoms with Crippen LogP contribution in [0.3, 0.4) is 0 Å². The number of benzene rings is 1. The van der Waals surface area contributed by atoms with Crippen molar-refractivity contribution >= 4 is 37.5 Å². The fraction of sp³-hybridized carbons (Fsp3) is 0.471. The van der Waals surface area contributed by atoms with Crippen LogP contribution in [0.2, 0.25) is 0 Å². The summed E-state index contributed by atoms with van der Waals surface area (Å²) in [6.07, 6.45) is -0.542. The molecular weight excluding hydrogens is 390 g/mol. The molecule has 1 saturated heterocycles. The number of amides is 1. The van der Waals surface area contributed by atoms with Crippen molar-refractivity contribution in [1.82, 2.24) is 13.9 Å². The molecule has 148 valence electrons. The third-order valence-corrected chi connectivity index (χ3v) is 7.47. The molecule has 0 saturated carbocycles. The number of thiophene rings is 1. The largest absolute Gasteiger partial charge is 0.395 e. The lowest BCUT2D eigenvalue weighted by molar-refractivity contribution is -0.00324. The molecule has 1 aliphatic heterocycles. The van der Waals surface area contributed by atoms with E-state index in [1.165, 1.54) is 34.0 Å². The minimum atomic E-state index is -3.57. The van der Waals surface area contributed by atoms with Crippen LogP contribution in [-0.2, 0) is 14.9 Å². The van der Waals surface area contributed by atoms with E-state index in [1.54, 1.807) is 0 Å². The summed E-state index contributed by atoms with van der Waals surface area (Å²) < 4.78 is 34.4. The summed E-state index contributed by atoms with van der Waals surface area (Å²) >= 11 is 1.34.